The molecular formula is C31H39F3N4O. The molecule has 0 bridgehead atoms. The van der Waals surface area contributed by atoms with Crippen LogP contribution in [0.15, 0.2) is 72.5 Å². The molecule has 0 spiro atoms. The van der Waals surface area contributed by atoms with Gasteiger partial charge in [-0.15, -0.1) is 0 Å². The van der Waals surface area contributed by atoms with E-state index in [2.05, 4.69) is 4.98 Å². The van der Waals surface area contributed by atoms with Crippen molar-refractivity contribution in [2.45, 2.75) is 78.9 Å². The maximum atomic E-state index is 13.6. The standard InChI is InChI=1S/C29H33F3N4O.C2H6/c1-3-11-24(29(30,31)32)15-16-25-27(23-17-18-34-26(33)20-23)35-28(22-13-8-6-9-14-22)36(25)19-10-5-4-7-12-21(2)37;1-2/h3,6,8-9,11,13-15,17-18,20H,4-5,7,10,12,16,19H2,1-2H3,(H2,33,34);1-2H3/b11-3-,24-15+;. The van der Waals surface area contributed by atoms with Gasteiger partial charge in [-0.2, -0.15) is 13.2 Å². The van der Waals surface area contributed by atoms with Gasteiger partial charge in [0.2, 0.25) is 0 Å². The van der Waals surface area contributed by atoms with Gasteiger partial charge in [-0.3, -0.25) is 0 Å². The van der Waals surface area contributed by atoms with E-state index in [1.807, 2.05) is 48.7 Å². The minimum atomic E-state index is -4.46. The minimum Gasteiger partial charge on any atom is -0.384 e. The normalized spacial score (nSPS) is 11.9. The molecule has 2 aromatic heterocycles. The lowest BCUT2D eigenvalue weighted by atomic mass is 10.1. The molecule has 3 aromatic rings. The van der Waals surface area contributed by atoms with Gasteiger partial charge >= 0.3 is 6.18 Å². The van der Waals surface area contributed by atoms with Crippen molar-refractivity contribution in [3.63, 3.8) is 0 Å². The summed E-state index contributed by atoms with van der Waals surface area (Å²) >= 11 is 0. The van der Waals surface area contributed by atoms with Crippen LogP contribution in [0.25, 0.3) is 22.6 Å². The van der Waals surface area contributed by atoms with Gasteiger partial charge in [-0.05, 0) is 38.8 Å². The number of anilines is 1. The van der Waals surface area contributed by atoms with Gasteiger partial charge in [-0.1, -0.05) is 75.2 Å². The Morgan fingerprint density at radius 2 is 1.72 bits per heavy atom. The van der Waals surface area contributed by atoms with E-state index < -0.39 is 11.7 Å². The van der Waals surface area contributed by atoms with Crippen LogP contribution in [0.1, 0.15) is 65.5 Å². The summed E-state index contributed by atoms with van der Waals surface area (Å²) in [7, 11) is 0. The Bertz CT molecular complexity index is 1240. The van der Waals surface area contributed by atoms with E-state index in [1.54, 1.807) is 32.2 Å². The number of imidazole rings is 1. The van der Waals surface area contributed by atoms with Gasteiger partial charge in [0, 0.05) is 42.4 Å². The number of aromatic nitrogens is 3. The molecule has 3 rings (SSSR count). The van der Waals surface area contributed by atoms with E-state index >= 15 is 0 Å². The molecule has 5 nitrogen and oxygen atoms in total. The molecule has 8 heteroatoms. The molecule has 0 atom stereocenters. The predicted molar refractivity (Wildman–Crippen MR) is 153 cm³/mol. The van der Waals surface area contributed by atoms with Crippen LogP contribution in [0.2, 0.25) is 0 Å². The summed E-state index contributed by atoms with van der Waals surface area (Å²) in [5, 5.41) is 0. The molecule has 0 aliphatic rings. The molecule has 0 saturated heterocycles. The summed E-state index contributed by atoms with van der Waals surface area (Å²) in [6.07, 6.45) is 4.86. The number of ketones is 1. The van der Waals surface area contributed by atoms with Crippen LogP contribution in [0.4, 0.5) is 19.0 Å². The first-order chi connectivity index (χ1) is 18.7. The average molecular weight is 541 g/mol. The van der Waals surface area contributed by atoms with Crippen LogP contribution in [-0.2, 0) is 17.8 Å². The maximum Gasteiger partial charge on any atom is 0.416 e. The lowest BCUT2D eigenvalue weighted by molar-refractivity contribution is -0.117. The van der Waals surface area contributed by atoms with Gasteiger partial charge < -0.3 is 15.1 Å². The van der Waals surface area contributed by atoms with Crippen LogP contribution in [0, 0.1) is 0 Å². The van der Waals surface area contributed by atoms with Crippen LogP contribution < -0.4 is 5.73 Å². The molecular weight excluding hydrogens is 501 g/mol. The monoisotopic (exact) mass is 540 g/mol. The molecule has 0 aliphatic heterocycles. The first-order valence-corrected chi connectivity index (χ1v) is 13.5. The molecule has 2 heterocycles. The maximum absolute atomic E-state index is 13.6. The molecule has 0 radical (unpaired) electrons. The van der Waals surface area contributed by atoms with Crippen molar-refractivity contribution in [1.29, 1.82) is 0 Å². The number of rotatable bonds is 12. The molecule has 0 saturated carbocycles. The van der Waals surface area contributed by atoms with Crippen molar-refractivity contribution in [3.05, 3.63) is 78.2 Å². The van der Waals surface area contributed by atoms with Crippen LogP contribution in [0.3, 0.4) is 0 Å². The number of hydrogen-bond acceptors (Lipinski definition) is 4. The summed E-state index contributed by atoms with van der Waals surface area (Å²) in [5.74, 6) is 1.18. The van der Waals surface area contributed by atoms with E-state index in [1.165, 1.54) is 12.2 Å². The fourth-order valence-electron chi connectivity index (χ4n) is 4.23. The van der Waals surface area contributed by atoms with Gasteiger partial charge in [0.05, 0.1) is 11.3 Å². The summed E-state index contributed by atoms with van der Waals surface area (Å²) in [4.78, 5) is 20.2. The lowest BCUT2D eigenvalue weighted by Gasteiger charge is -2.13. The van der Waals surface area contributed by atoms with Crippen LogP contribution in [0.5, 0.6) is 0 Å². The van der Waals surface area contributed by atoms with Crippen molar-refractivity contribution in [2.75, 3.05) is 5.73 Å². The zero-order valence-electron chi connectivity index (χ0n) is 23.3. The number of Topliss-reactive ketones (excluding diaryl/α,β-unsaturated/α-hetero) is 1. The second kappa shape index (κ2) is 15.7. The first kappa shape index (κ1) is 31.5. The summed E-state index contributed by atoms with van der Waals surface area (Å²) in [6, 6.07) is 13.1. The topological polar surface area (TPSA) is 73.8 Å². The summed E-state index contributed by atoms with van der Waals surface area (Å²) in [5.41, 5.74) is 8.07. The highest BCUT2D eigenvalue weighted by atomic mass is 19.4. The van der Waals surface area contributed by atoms with Crippen molar-refractivity contribution in [3.8, 4) is 22.6 Å². The number of pyridine rings is 1. The predicted octanol–water partition coefficient (Wildman–Crippen LogP) is 8.37. The number of hydrogen-bond donors (Lipinski definition) is 1. The smallest absolute Gasteiger partial charge is 0.384 e. The molecule has 0 unspecified atom stereocenters. The summed E-state index contributed by atoms with van der Waals surface area (Å²) < 4.78 is 43.0. The van der Waals surface area contributed by atoms with Crippen molar-refractivity contribution in [2.24, 2.45) is 0 Å². The number of nitrogen functional groups attached to an aromatic ring is 1. The van der Waals surface area contributed by atoms with Crippen LogP contribution in [-0.4, -0.2) is 26.5 Å². The second-order valence-electron chi connectivity index (χ2n) is 8.95. The Morgan fingerprint density at radius 1 is 1.03 bits per heavy atom. The van der Waals surface area contributed by atoms with Gasteiger partial charge in [0.1, 0.15) is 17.4 Å². The number of unbranched alkanes of at least 4 members (excludes halogenated alkanes) is 3. The highest BCUT2D eigenvalue weighted by Gasteiger charge is 2.31. The van der Waals surface area contributed by atoms with E-state index in [4.69, 9.17) is 10.7 Å². The molecule has 210 valence electrons. The Hall–Kier alpha value is -3.68. The van der Waals surface area contributed by atoms with E-state index in [9.17, 15) is 18.0 Å². The van der Waals surface area contributed by atoms with Gasteiger partial charge in [0.25, 0.3) is 0 Å². The Kier molecular flexibility index (Phi) is 12.7. The number of nitrogens with zero attached hydrogens (tertiary/aromatic N) is 3. The van der Waals surface area contributed by atoms with E-state index in [0.29, 0.717) is 41.6 Å². The molecule has 0 aliphatic carbocycles. The first-order valence-electron chi connectivity index (χ1n) is 13.5. The number of alkyl halides is 3. The van der Waals surface area contributed by atoms with E-state index in [-0.39, 0.29) is 12.2 Å². The summed E-state index contributed by atoms with van der Waals surface area (Å²) in [6.45, 7) is 7.74. The van der Waals surface area contributed by atoms with E-state index in [0.717, 1.165) is 37.3 Å². The second-order valence-corrected chi connectivity index (χ2v) is 8.95. The highest BCUT2D eigenvalue weighted by Crippen LogP contribution is 2.33. The molecule has 2 N–H and O–H groups in total. The Labute approximate surface area is 229 Å². The average Bonchev–Trinajstić information content (AvgIpc) is 3.27. The SMILES string of the molecule is C/C=C\C(=C/Cc1c(-c2ccnc(N)c2)nc(-c2ccccc2)n1CCCCCCC(C)=O)C(F)(F)F.CC. The molecule has 1 aromatic carbocycles. The number of nitrogens with two attached hydrogens (primary N) is 1. The fourth-order valence-corrected chi connectivity index (χ4v) is 4.23. The van der Waals surface area contributed by atoms with Crippen LogP contribution >= 0.6 is 0 Å². The molecule has 0 amide bonds. The van der Waals surface area contributed by atoms with Gasteiger partial charge in [-0.25, -0.2) is 9.97 Å². The molecule has 0 fully saturated rings. The van der Waals surface area contributed by atoms with Crippen molar-refractivity contribution >= 4 is 11.6 Å². The van der Waals surface area contributed by atoms with Gasteiger partial charge in [0.15, 0.2) is 0 Å². The van der Waals surface area contributed by atoms with Crippen molar-refractivity contribution in [1.82, 2.24) is 14.5 Å². The number of halogens is 3. The number of benzene rings is 1. The number of carbonyl (C=O) groups is 1. The molecule has 39 heavy (non-hydrogen) atoms. The Balaban J connectivity index is 0.00000260. The minimum absolute atomic E-state index is 0.0426. The zero-order chi connectivity index (χ0) is 28.8. The largest absolute Gasteiger partial charge is 0.416 e. The highest BCUT2D eigenvalue weighted by molar-refractivity contribution is 5.75. The van der Waals surface area contributed by atoms with Crippen molar-refractivity contribution < 1.29 is 18.0 Å². The number of carbonyl (C=O) groups excluding carboxylic acids is 1. The third kappa shape index (κ3) is 9.53. The number of allylic oxidation sites excluding steroid dienone is 4. The Morgan fingerprint density at radius 3 is 2.33 bits per heavy atom. The lowest BCUT2D eigenvalue weighted by Crippen LogP contribution is -2.11. The zero-order valence-corrected chi connectivity index (χ0v) is 23.3. The fraction of sp³-hybridized carbons (Fsp3) is 0.387. The third-order valence-corrected chi connectivity index (χ3v) is 6.01. The quantitative estimate of drug-likeness (QED) is 0.185. The third-order valence-electron chi connectivity index (χ3n) is 6.01.